The zero-order valence-electron chi connectivity index (χ0n) is 11.0. The van der Waals surface area contributed by atoms with Crippen molar-refractivity contribution in [2.24, 2.45) is 7.05 Å². The van der Waals surface area contributed by atoms with Crippen molar-refractivity contribution in [3.8, 4) is 16.9 Å². The zero-order valence-corrected chi connectivity index (χ0v) is 11.9. The van der Waals surface area contributed by atoms with Crippen LogP contribution >= 0.6 is 12.6 Å². The molecule has 0 bridgehead atoms. The summed E-state index contributed by atoms with van der Waals surface area (Å²) in [5.74, 6) is 0.0823. The number of hydrogen-bond donors (Lipinski definition) is 1. The van der Waals surface area contributed by atoms with Gasteiger partial charge in [0.2, 0.25) is 0 Å². The number of pyridine rings is 1. The maximum absolute atomic E-state index is 12.8. The van der Waals surface area contributed by atoms with Gasteiger partial charge in [0.05, 0.1) is 11.7 Å². The van der Waals surface area contributed by atoms with E-state index in [2.05, 4.69) is 22.7 Å². The highest BCUT2D eigenvalue weighted by atomic mass is 32.1. The Morgan fingerprint density at radius 1 is 1.29 bits per heavy atom. The molecule has 0 unspecified atom stereocenters. The summed E-state index contributed by atoms with van der Waals surface area (Å²) in [6.07, 6.45) is 4.80. The second kappa shape index (κ2) is 5.33. The molecule has 0 atom stereocenters. The number of thiol groups is 1. The Morgan fingerprint density at radius 2 is 2.10 bits per heavy atom. The predicted octanol–water partition coefficient (Wildman–Crippen LogP) is 3.53. The molecule has 0 aliphatic carbocycles. The molecule has 0 aliphatic rings. The summed E-state index contributed by atoms with van der Waals surface area (Å²) in [6.45, 7) is -2.92. The first-order valence-electron chi connectivity index (χ1n) is 6.10. The van der Waals surface area contributed by atoms with Crippen LogP contribution in [0.25, 0.3) is 22.0 Å². The average Bonchev–Trinajstić information content (AvgIpc) is 2.85. The summed E-state index contributed by atoms with van der Waals surface area (Å²) in [4.78, 5) is 4.93. The zero-order chi connectivity index (χ0) is 15.0. The highest BCUT2D eigenvalue weighted by Crippen LogP contribution is 2.37. The largest absolute Gasteiger partial charge is 0.433 e. The third-order valence-corrected chi connectivity index (χ3v) is 3.30. The molecule has 2 aromatic heterocycles. The molecule has 0 saturated heterocycles. The lowest BCUT2D eigenvalue weighted by Crippen LogP contribution is -2.04. The van der Waals surface area contributed by atoms with Crippen molar-refractivity contribution in [2.75, 3.05) is 0 Å². The van der Waals surface area contributed by atoms with Gasteiger partial charge in [0.25, 0.3) is 0 Å². The van der Waals surface area contributed by atoms with Crippen LogP contribution in [0.1, 0.15) is 0 Å². The molecule has 108 valence electrons. The number of hydrogen-bond acceptors (Lipinski definition) is 4. The van der Waals surface area contributed by atoms with Crippen molar-refractivity contribution in [2.45, 2.75) is 11.5 Å². The number of aryl methyl sites for hydroxylation is 1. The highest BCUT2D eigenvalue weighted by molar-refractivity contribution is 7.80. The van der Waals surface area contributed by atoms with Gasteiger partial charge in [-0.2, -0.15) is 13.9 Å². The van der Waals surface area contributed by atoms with E-state index in [-0.39, 0.29) is 5.75 Å². The Bertz CT molecular complexity index is 804. The molecule has 0 aliphatic heterocycles. The summed E-state index contributed by atoms with van der Waals surface area (Å²) >= 11 is 4.24. The minimum Gasteiger partial charge on any atom is -0.433 e. The summed E-state index contributed by atoms with van der Waals surface area (Å²) in [7, 11) is 1.75. The summed E-state index contributed by atoms with van der Waals surface area (Å²) in [5, 5.41) is 4.53. The molecule has 0 saturated carbocycles. The van der Waals surface area contributed by atoms with E-state index in [0.29, 0.717) is 26.9 Å². The molecule has 0 fully saturated rings. The lowest BCUT2D eigenvalue weighted by atomic mass is 10.1. The molecular formula is C14H11F2N3OS. The molecule has 21 heavy (non-hydrogen) atoms. The first-order chi connectivity index (χ1) is 10.0. The van der Waals surface area contributed by atoms with Crippen LogP contribution in [0, 0.1) is 0 Å². The number of fused-ring (bicyclic) bond motifs is 1. The third kappa shape index (κ3) is 2.69. The van der Waals surface area contributed by atoms with Gasteiger partial charge >= 0.3 is 6.61 Å². The number of nitrogens with zero attached hydrogens (tertiary/aromatic N) is 3. The van der Waals surface area contributed by atoms with Gasteiger partial charge in [0.15, 0.2) is 0 Å². The topological polar surface area (TPSA) is 39.9 Å². The molecule has 0 spiro atoms. The standard InChI is InChI=1S/C14H11F2N3OS/c1-19-7-8(5-18-19)11-6-17-12-3-2-9(21)4-10(12)13(11)20-14(15)16/h2-7,14,21H,1H3. The number of halogens is 2. The molecule has 0 N–H and O–H groups in total. The molecule has 0 radical (unpaired) electrons. The van der Waals surface area contributed by atoms with E-state index in [1.807, 2.05) is 0 Å². The van der Waals surface area contributed by atoms with E-state index in [1.165, 1.54) is 6.20 Å². The van der Waals surface area contributed by atoms with E-state index >= 15 is 0 Å². The second-order valence-corrected chi connectivity index (χ2v) is 5.00. The molecule has 3 aromatic rings. The minimum atomic E-state index is -2.92. The van der Waals surface area contributed by atoms with E-state index in [1.54, 1.807) is 42.3 Å². The van der Waals surface area contributed by atoms with Gasteiger partial charge in [-0.25, -0.2) is 0 Å². The smallest absolute Gasteiger partial charge is 0.387 e. The van der Waals surface area contributed by atoms with Crippen molar-refractivity contribution in [3.05, 3.63) is 36.8 Å². The lowest BCUT2D eigenvalue weighted by molar-refractivity contribution is -0.0484. The van der Waals surface area contributed by atoms with Gasteiger partial charge in [-0.3, -0.25) is 9.67 Å². The minimum absolute atomic E-state index is 0.0823. The lowest BCUT2D eigenvalue weighted by Gasteiger charge is -2.12. The Kier molecular flexibility index (Phi) is 3.50. The van der Waals surface area contributed by atoms with Crippen molar-refractivity contribution >= 4 is 23.5 Å². The van der Waals surface area contributed by atoms with Crippen LogP contribution < -0.4 is 4.74 Å². The average molecular weight is 307 g/mol. The van der Waals surface area contributed by atoms with Crippen molar-refractivity contribution < 1.29 is 13.5 Å². The fraction of sp³-hybridized carbons (Fsp3) is 0.143. The van der Waals surface area contributed by atoms with Gasteiger partial charge in [0.1, 0.15) is 5.75 Å². The fourth-order valence-electron chi connectivity index (χ4n) is 2.14. The number of alkyl halides is 2. The first-order valence-corrected chi connectivity index (χ1v) is 6.55. The predicted molar refractivity (Wildman–Crippen MR) is 77.8 cm³/mol. The van der Waals surface area contributed by atoms with Gasteiger partial charge in [-0.15, -0.1) is 12.6 Å². The molecule has 7 heteroatoms. The summed E-state index contributed by atoms with van der Waals surface area (Å²) < 4.78 is 31.9. The van der Waals surface area contributed by atoms with Gasteiger partial charge in [-0.05, 0) is 18.2 Å². The quantitative estimate of drug-likeness (QED) is 0.753. The first kappa shape index (κ1) is 13.8. The maximum atomic E-state index is 12.8. The van der Waals surface area contributed by atoms with Crippen molar-refractivity contribution in [1.82, 2.24) is 14.8 Å². The van der Waals surface area contributed by atoms with Crippen LogP contribution in [0.4, 0.5) is 8.78 Å². The van der Waals surface area contributed by atoms with E-state index in [9.17, 15) is 8.78 Å². The molecular weight excluding hydrogens is 296 g/mol. The monoisotopic (exact) mass is 307 g/mol. The molecule has 0 amide bonds. The molecule has 1 aromatic carbocycles. The number of aromatic nitrogens is 3. The normalized spacial score (nSPS) is 11.3. The molecule has 4 nitrogen and oxygen atoms in total. The highest BCUT2D eigenvalue weighted by Gasteiger charge is 2.17. The van der Waals surface area contributed by atoms with Gasteiger partial charge in [0, 0.05) is 40.8 Å². The molecule has 3 rings (SSSR count). The number of rotatable bonds is 3. The van der Waals surface area contributed by atoms with E-state index in [4.69, 9.17) is 4.74 Å². The Labute approximate surface area is 124 Å². The van der Waals surface area contributed by atoms with Crippen molar-refractivity contribution in [3.63, 3.8) is 0 Å². The van der Waals surface area contributed by atoms with Crippen LogP contribution in [-0.4, -0.2) is 21.4 Å². The van der Waals surface area contributed by atoms with Crippen LogP contribution in [0.3, 0.4) is 0 Å². The second-order valence-electron chi connectivity index (χ2n) is 4.48. The fourth-order valence-corrected chi connectivity index (χ4v) is 2.34. The molecule has 2 heterocycles. The SMILES string of the molecule is Cn1cc(-c2cnc3ccc(S)cc3c2OC(F)F)cn1. The Morgan fingerprint density at radius 3 is 2.76 bits per heavy atom. The third-order valence-electron chi connectivity index (χ3n) is 3.02. The summed E-state index contributed by atoms with van der Waals surface area (Å²) in [6, 6.07) is 5.11. The van der Waals surface area contributed by atoms with Crippen LogP contribution in [0.5, 0.6) is 5.75 Å². The van der Waals surface area contributed by atoms with Crippen LogP contribution in [-0.2, 0) is 7.05 Å². The van der Waals surface area contributed by atoms with Crippen molar-refractivity contribution in [1.29, 1.82) is 0 Å². The van der Waals surface area contributed by atoms with Gasteiger partial charge < -0.3 is 4.74 Å². The Balaban J connectivity index is 2.28. The van der Waals surface area contributed by atoms with Gasteiger partial charge in [-0.1, -0.05) is 0 Å². The van der Waals surface area contributed by atoms with E-state index < -0.39 is 6.61 Å². The van der Waals surface area contributed by atoms with Crippen LogP contribution in [0.15, 0.2) is 41.7 Å². The Hall–Kier alpha value is -2.15. The van der Waals surface area contributed by atoms with E-state index in [0.717, 1.165) is 0 Å². The number of ether oxygens (including phenoxy) is 1. The van der Waals surface area contributed by atoms with Crippen LogP contribution in [0.2, 0.25) is 0 Å². The summed E-state index contributed by atoms with van der Waals surface area (Å²) in [5.41, 5.74) is 1.69. The number of benzene rings is 1. The maximum Gasteiger partial charge on any atom is 0.387 e.